The van der Waals surface area contributed by atoms with Crippen LogP contribution in [-0.4, -0.2) is 52.8 Å². The first-order valence-electron chi connectivity index (χ1n) is 11.4. The topological polar surface area (TPSA) is 85.1 Å². The number of hydrogen-bond donors (Lipinski definition) is 0. The summed E-state index contributed by atoms with van der Waals surface area (Å²) in [5.41, 5.74) is 1.59. The summed E-state index contributed by atoms with van der Waals surface area (Å²) in [4.78, 5) is 32.7. The first-order chi connectivity index (χ1) is 16.5. The molecule has 1 aliphatic rings. The van der Waals surface area contributed by atoms with Crippen LogP contribution in [-0.2, 0) is 22.7 Å². The zero-order chi connectivity index (χ0) is 23.9. The molecule has 8 nitrogen and oxygen atoms in total. The Kier molecular flexibility index (Phi) is 7.59. The Balaban J connectivity index is 1.37. The molecule has 1 saturated heterocycles. The van der Waals surface area contributed by atoms with Crippen molar-refractivity contribution in [1.29, 1.82) is 0 Å². The predicted molar refractivity (Wildman–Crippen MR) is 125 cm³/mol. The van der Waals surface area contributed by atoms with Gasteiger partial charge in [0.25, 0.3) is 5.91 Å². The molecular formula is C26H29N3O5. The van der Waals surface area contributed by atoms with Crippen LogP contribution in [0.25, 0.3) is 0 Å². The first kappa shape index (κ1) is 23.5. The summed E-state index contributed by atoms with van der Waals surface area (Å²) in [6.07, 6.45) is 2.48. The van der Waals surface area contributed by atoms with Gasteiger partial charge in [0.15, 0.2) is 0 Å². The van der Waals surface area contributed by atoms with Crippen molar-refractivity contribution < 1.29 is 23.5 Å². The number of furan rings is 1. The highest BCUT2D eigenvalue weighted by Crippen LogP contribution is 2.25. The second kappa shape index (κ2) is 11.0. The summed E-state index contributed by atoms with van der Waals surface area (Å²) in [6.45, 7) is 6.98. The van der Waals surface area contributed by atoms with Crippen molar-refractivity contribution in [3.63, 3.8) is 0 Å². The molecule has 3 aromatic rings. The molecule has 1 aliphatic heterocycles. The van der Waals surface area contributed by atoms with Gasteiger partial charge in [0.1, 0.15) is 29.4 Å². The zero-order valence-electron chi connectivity index (χ0n) is 19.5. The van der Waals surface area contributed by atoms with Gasteiger partial charge in [0.2, 0.25) is 5.88 Å². The smallest absolute Gasteiger partial charge is 0.303 e. The second-order valence-electron chi connectivity index (χ2n) is 8.34. The van der Waals surface area contributed by atoms with Gasteiger partial charge in [-0.15, -0.1) is 0 Å². The van der Waals surface area contributed by atoms with Crippen molar-refractivity contribution in [2.75, 3.05) is 26.2 Å². The third-order valence-electron chi connectivity index (χ3n) is 5.63. The summed E-state index contributed by atoms with van der Waals surface area (Å²) < 4.78 is 16.7. The minimum atomic E-state index is -0.337. The fourth-order valence-electron chi connectivity index (χ4n) is 3.83. The van der Waals surface area contributed by atoms with Crippen LogP contribution in [0.15, 0.2) is 59.1 Å². The molecule has 0 radical (unpaired) electrons. The van der Waals surface area contributed by atoms with Crippen LogP contribution in [0, 0.1) is 6.92 Å². The van der Waals surface area contributed by atoms with Gasteiger partial charge in [-0.05, 0) is 49.7 Å². The quantitative estimate of drug-likeness (QED) is 0.486. The first-order valence-corrected chi connectivity index (χ1v) is 11.4. The van der Waals surface area contributed by atoms with Crippen LogP contribution in [0.4, 0.5) is 0 Å². The second-order valence-corrected chi connectivity index (χ2v) is 8.34. The van der Waals surface area contributed by atoms with Crippen molar-refractivity contribution in [2.24, 2.45) is 0 Å². The number of hydrogen-bond acceptors (Lipinski definition) is 7. The lowest BCUT2D eigenvalue weighted by atomic mass is 10.2. The molecule has 3 heterocycles. The van der Waals surface area contributed by atoms with E-state index in [0.717, 1.165) is 30.8 Å². The van der Waals surface area contributed by atoms with E-state index in [1.807, 2.05) is 48.2 Å². The highest BCUT2D eigenvalue weighted by molar-refractivity contribution is 5.96. The van der Waals surface area contributed by atoms with E-state index in [9.17, 15) is 9.59 Å². The molecule has 0 bridgehead atoms. The normalized spacial score (nSPS) is 14.5. The van der Waals surface area contributed by atoms with E-state index >= 15 is 0 Å². The number of rotatable bonds is 7. The lowest BCUT2D eigenvalue weighted by Crippen LogP contribution is -2.35. The molecule has 0 atom stereocenters. The Morgan fingerprint density at radius 2 is 1.79 bits per heavy atom. The van der Waals surface area contributed by atoms with Crippen LogP contribution >= 0.6 is 0 Å². The number of carbonyl (C=O) groups excluding carboxylic acids is 2. The number of carbonyl (C=O) groups is 2. The zero-order valence-corrected chi connectivity index (χ0v) is 19.5. The van der Waals surface area contributed by atoms with Gasteiger partial charge in [0, 0.05) is 39.3 Å². The lowest BCUT2D eigenvalue weighted by Gasteiger charge is -2.22. The SMILES string of the molecule is CC(=O)OCc1ccc(CN2CCCN(C(=O)c3cccnc3Oc3ccc(C)cc3)CC2)o1. The van der Waals surface area contributed by atoms with Crippen LogP contribution in [0.2, 0.25) is 0 Å². The molecule has 8 heteroatoms. The average molecular weight is 464 g/mol. The number of nitrogens with zero attached hydrogens (tertiary/aromatic N) is 3. The Morgan fingerprint density at radius 1 is 1.00 bits per heavy atom. The molecule has 0 N–H and O–H groups in total. The van der Waals surface area contributed by atoms with Crippen molar-refractivity contribution in [3.8, 4) is 11.6 Å². The summed E-state index contributed by atoms with van der Waals surface area (Å²) in [5.74, 6) is 1.97. The molecule has 4 rings (SSSR count). The van der Waals surface area contributed by atoms with E-state index in [2.05, 4.69) is 9.88 Å². The van der Waals surface area contributed by atoms with Crippen LogP contribution < -0.4 is 4.74 Å². The Labute approximate surface area is 199 Å². The Morgan fingerprint density at radius 3 is 2.59 bits per heavy atom. The van der Waals surface area contributed by atoms with Gasteiger partial charge in [-0.3, -0.25) is 14.5 Å². The number of aromatic nitrogens is 1. The molecule has 1 aromatic carbocycles. The predicted octanol–water partition coefficient (Wildman–Crippen LogP) is 4.19. The maximum Gasteiger partial charge on any atom is 0.303 e. The van der Waals surface area contributed by atoms with Gasteiger partial charge in [0.05, 0.1) is 6.54 Å². The molecule has 0 spiro atoms. The van der Waals surface area contributed by atoms with Crippen LogP contribution in [0.3, 0.4) is 0 Å². The van der Waals surface area contributed by atoms with Crippen molar-refractivity contribution in [2.45, 2.75) is 33.4 Å². The molecule has 0 aliphatic carbocycles. The Hall–Kier alpha value is -3.65. The highest BCUT2D eigenvalue weighted by atomic mass is 16.5. The molecule has 2 aromatic heterocycles. The van der Waals surface area contributed by atoms with Gasteiger partial charge in [-0.1, -0.05) is 17.7 Å². The monoisotopic (exact) mass is 463 g/mol. The fraction of sp³-hybridized carbons (Fsp3) is 0.346. The molecule has 0 unspecified atom stereocenters. The Bertz CT molecular complexity index is 1130. The fourth-order valence-corrected chi connectivity index (χ4v) is 3.83. The maximum absolute atomic E-state index is 13.3. The number of ether oxygens (including phenoxy) is 2. The van der Waals surface area contributed by atoms with Gasteiger partial charge < -0.3 is 18.8 Å². The standard InChI is InChI=1S/C26H29N3O5/c1-19-6-8-21(9-7-19)34-25-24(5-3-12-27-25)26(31)29-14-4-13-28(15-16-29)17-22-10-11-23(33-22)18-32-20(2)30/h3,5-12H,4,13-18H2,1-2H3. The third-order valence-corrected chi connectivity index (χ3v) is 5.63. The van der Waals surface area contributed by atoms with Gasteiger partial charge >= 0.3 is 5.97 Å². The molecule has 1 fully saturated rings. The minimum absolute atomic E-state index is 0.0845. The van der Waals surface area contributed by atoms with Crippen LogP contribution in [0.1, 0.15) is 40.8 Å². The van der Waals surface area contributed by atoms with E-state index in [-0.39, 0.29) is 18.5 Å². The lowest BCUT2D eigenvalue weighted by molar-refractivity contribution is -0.142. The van der Waals surface area contributed by atoms with Gasteiger partial charge in [-0.25, -0.2) is 4.98 Å². The molecule has 34 heavy (non-hydrogen) atoms. The number of benzene rings is 1. The van der Waals surface area contributed by atoms with E-state index in [0.29, 0.717) is 42.6 Å². The summed E-state index contributed by atoms with van der Waals surface area (Å²) in [6, 6.07) is 14.9. The summed E-state index contributed by atoms with van der Waals surface area (Å²) in [7, 11) is 0. The largest absolute Gasteiger partial charge is 0.461 e. The van der Waals surface area contributed by atoms with Crippen LogP contribution in [0.5, 0.6) is 11.6 Å². The van der Waals surface area contributed by atoms with E-state index in [4.69, 9.17) is 13.9 Å². The molecular weight excluding hydrogens is 434 g/mol. The van der Waals surface area contributed by atoms with E-state index in [1.165, 1.54) is 6.92 Å². The summed E-state index contributed by atoms with van der Waals surface area (Å²) in [5, 5.41) is 0. The molecule has 178 valence electrons. The number of pyridine rings is 1. The summed E-state index contributed by atoms with van der Waals surface area (Å²) >= 11 is 0. The number of aryl methyl sites for hydroxylation is 1. The van der Waals surface area contributed by atoms with Gasteiger partial charge in [-0.2, -0.15) is 0 Å². The number of amides is 1. The van der Waals surface area contributed by atoms with E-state index < -0.39 is 0 Å². The maximum atomic E-state index is 13.3. The van der Waals surface area contributed by atoms with E-state index in [1.54, 1.807) is 18.3 Å². The van der Waals surface area contributed by atoms with Crippen molar-refractivity contribution in [1.82, 2.24) is 14.8 Å². The van der Waals surface area contributed by atoms with Crippen molar-refractivity contribution >= 4 is 11.9 Å². The third kappa shape index (κ3) is 6.23. The molecule has 0 saturated carbocycles. The van der Waals surface area contributed by atoms with Crippen molar-refractivity contribution in [3.05, 3.63) is 77.4 Å². The number of esters is 1. The highest BCUT2D eigenvalue weighted by Gasteiger charge is 2.24. The average Bonchev–Trinajstić information content (AvgIpc) is 3.15. The minimum Gasteiger partial charge on any atom is -0.461 e. The molecule has 1 amide bonds.